The highest BCUT2D eigenvalue weighted by Crippen LogP contribution is 2.28. The Morgan fingerprint density at radius 3 is 2.50 bits per heavy atom. The summed E-state index contributed by atoms with van der Waals surface area (Å²) in [5, 5.41) is 3.17. The van der Waals surface area contributed by atoms with Gasteiger partial charge in [-0.15, -0.1) is 0 Å². The van der Waals surface area contributed by atoms with Crippen LogP contribution in [0.4, 0.5) is 4.39 Å². The molecule has 2 aromatic rings. The molecule has 0 aromatic heterocycles. The largest absolute Gasteiger partial charge is 0.485 e. The Kier molecular flexibility index (Phi) is 6.91. The maximum atomic E-state index is 12.5. The first-order valence-electron chi connectivity index (χ1n) is 7.85. The van der Waals surface area contributed by atoms with Gasteiger partial charge in [0, 0.05) is 6.42 Å². The highest BCUT2D eigenvalue weighted by Gasteiger charge is 2.14. The molecule has 0 saturated heterocycles. The van der Waals surface area contributed by atoms with Gasteiger partial charge in [0.05, 0.1) is 6.67 Å². The lowest BCUT2D eigenvalue weighted by atomic mass is 10.1. The maximum absolute atomic E-state index is 12.5. The Labute approximate surface area is 132 Å². The summed E-state index contributed by atoms with van der Waals surface area (Å²) in [5.74, 6) is 0.862. The van der Waals surface area contributed by atoms with E-state index in [1.807, 2.05) is 49.5 Å². The minimum atomic E-state index is -0.295. The summed E-state index contributed by atoms with van der Waals surface area (Å²) in [6.07, 6.45) is 2.13. The number of rotatable bonds is 9. The maximum Gasteiger partial charge on any atom is 0.125 e. The molecule has 1 N–H and O–H groups in total. The molecular formula is C19H24FNO. The molecule has 1 atom stereocenters. The van der Waals surface area contributed by atoms with Gasteiger partial charge in [0.2, 0.25) is 0 Å². The van der Waals surface area contributed by atoms with Crippen molar-refractivity contribution in [3.8, 4) is 5.75 Å². The number of benzene rings is 2. The first-order valence-corrected chi connectivity index (χ1v) is 7.85. The summed E-state index contributed by atoms with van der Waals surface area (Å²) in [6.45, 7) is 0.586. The second kappa shape index (κ2) is 9.21. The summed E-state index contributed by atoms with van der Waals surface area (Å²) in [6, 6.07) is 18.2. The zero-order valence-corrected chi connectivity index (χ0v) is 13.1. The van der Waals surface area contributed by atoms with E-state index >= 15 is 0 Å². The van der Waals surface area contributed by atoms with Crippen molar-refractivity contribution in [3.63, 3.8) is 0 Å². The third kappa shape index (κ3) is 4.85. The van der Waals surface area contributed by atoms with Crippen molar-refractivity contribution in [1.29, 1.82) is 0 Å². The van der Waals surface area contributed by atoms with Gasteiger partial charge in [-0.2, -0.15) is 0 Å². The van der Waals surface area contributed by atoms with Gasteiger partial charge in [0.25, 0.3) is 0 Å². The minimum absolute atomic E-state index is 0.000163. The fourth-order valence-corrected chi connectivity index (χ4v) is 2.47. The molecule has 0 fully saturated rings. The molecule has 2 rings (SSSR count). The molecule has 0 heterocycles. The molecule has 2 nitrogen and oxygen atoms in total. The number of ether oxygens (including phenoxy) is 1. The van der Waals surface area contributed by atoms with Crippen molar-refractivity contribution < 1.29 is 9.13 Å². The van der Waals surface area contributed by atoms with E-state index in [4.69, 9.17) is 4.74 Å². The smallest absolute Gasteiger partial charge is 0.125 e. The SMILES string of the molecule is CNCC[C@@H](Oc1ccccc1CCCF)c1ccccc1. The summed E-state index contributed by atoms with van der Waals surface area (Å²) >= 11 is 0. The minimum Gasteiger partial charge on any atom is -0.485 e. The lowest BCUT2D eigenvalue weighted by Gasteiger charge is -2.21. The standard InChI is InChI=1S/C19H24FNO/c1-21-15-13-19(16-8-3-2-4-9-16)22-18-12-6-5-10-17(18)11-7-14-20/h2-6,8-10,12,19,21H,7,11,13-15H2,1H3/t19-/m1/s1. The molecule has 0 unspecified atom stereocenters. The van der Waals surface area contributed by atoms with Crippen LogP contribution in [0.25, 0.3) is 0 Å². The summed E-state index contributed by atoms with van der Waals surface area (Å²) < 4.78 is 18.7. The van der Waals surface area contributed by atoms with E-state index in [1.165, 1.54) is 0 Å². The Morgan fingerprint density at radius 1 is 1.05 bits per heavy atom. The molecule has 118 valence electrons. The van der Waals surface area contributed by atoms with Crippen LogP contribution < -0.4 is 10.1 Å². The first kappa shape index (κ1) is 16.5. The van der Waals surface area contributed by atoms with E-state index in [0.29, 0.717) is 12.8 Å². The average molecular weight is 301 g/mol. The van der Waals surface area contributed by atoms with Crippen LogP contribution in [0.15, 0.2) is 54.6 Å². The van der Waals surface area contributed by atoms with Gasteiger partial charge < -0.3 is 10.1 Å². The predicted octanol–water partition coefficient (Wildman–Crippen LogP) is 4.32. The van der Waals surface area contributed by atoms with E-state index < -0.39 is 0 Å². The van der Waals surface area contributed by atoms with Crippen LogP contribution in [-0.4, -0.2) is 20.3 Å². The number of halogens is 1. The normalized spacial score (nSPS) is 12.1. The van der Waals surface area contributed by atoms with Crippen molar-refractivity contribution >= 4 is 0 Å². The molecule has 0 radical (unpaired) electrons. The molecular weight excluding hydrogens is 277 g/mol. The molecule has 0 saturated carbocycles. The summed E-state index contributed by atoms with van der Waals surface area (Å²) in [4.78, 5) is 0. The summed E-state index contributed by atoms with van der Waals surface area (Å²) in [5.41, 5.74) is 2.24. The van der Waals surface area contributed by atoms with Gasteiger partial charge in [-0.05, 0) is 43.6 Å². The van der Waals surface area contributed by atoms with Crippen molar-refractivity contribution in [2.45, 2.75) is 25.4 Å². The number of hydrogen-bond donors (Lipinski definition) is 1. The molecule has 0 spiro atoms. The third-order valence-corrected chi connectivity index (χ3v) is 3.65. The van der Waals surface area contributed by atoms with Crippen LogP contribution in [-0.2, 0) is 6.42 Å². The third-order valence-electron chi connectivity index (χ3n) is 3.65. The molecule has 0 bridgehead atoms. The van der Waals surface area contributed by atoms with Gasteiger partial charge in [0.1, 0.15) is 11.9 Å². The molecule has 0 aliphatic carbocycles. The predicted molar refractivity (Wildman–Crippen MR) is 89.1 cm³/mol. The molecule has 2 aromatic carbocycles. The number of alkyl halides is 1. The molecule has 0 aliphatic rings. The van der Waals surface area contributed by atoms with Crippen LogP contribution in [0.2, 0.25) is 0 Å². The van der Waals surface area contributed by atoms with Gasteiger partial charge in [0.15, 0.2) is 0 Å². The Bertz CT molecular complexity index is 544. The second-order valence-corrected chi connectivity index (χ2v) is 5.31. The van der Waals surface area contributed by atoms with Crippen LogP contribution in [0.5, 0.6) is 5.75 Å². The molecule has 3 heteroatoms. The van der Waals surface area contributed by atoms with Crippen molar-refractivity contribution in [2.24, 2.45) is 0 Å². The number of para-hydroxylation sites is 1. The Morgan fingerprint density at radius 2 is 1.77 bits per heavy atom. The zero-order chi connectivity index (χ0) is 15.6. The lowest BCUT2D eigenvalue weighted by Crippen LogP contribution is -2.16. The fourth-order valence-electron chi connectivity index (χ4n) is 2.47. The van der Waals surface area contributed by atoms with Crippen molar-refractivity contribution in [1.82, 2.24) is 5.32 Å². The van der Waals surface area contributed by atoms with E-state index in [1.54, 1.807) is 0 Å². The van der Waals surface area contributed by atoms with Gasteiger partial charge in [-0.3, -0.25) is 4.39 Å². The fraction of sp³-hybridized carbons (Fsp3) is 0.368. The Balaban J connectivity index is 2.16. The van der Waals surface area contributed by atoms with Crippen molar-refractivity contribution in [2.75, 3.05) is 20.3 Å². The van der Waals surface area contributed by atoms with Crippen LogP contribution in [0.1, 0.15) is 30.1 Å². The topological polar surface area (TPSA) is 21.3 Å². The van der Waals surface area contributed by atoms with Crippen LogP contribution in [0, 0.1) is 0 Å². The number of aryl methyl sites for hydroxylation is 1. The zero-order valence-electron chi connectivity index (χ0n) is 13.1. The monoisotopic (exact) mass is 301 g/mol. The van der Waals surface area contributed by atoms with Gasteiger partial charge in [-0.1, -0.05) is 48.5 Å². The Hall–Kier alpha value is -1.87. The quantitative estimate of drug-likeness (QED) is 0.745. The molecule has 22 heavy (non-hydrogen) atoms. The first-order chi connectivity index (χ1) is 10.8. The van der Waals surface area contributed by atoms with E-state index in [-0.39, 0.29) is 12.8 Å². The van der Waals surface area contributed by atoms with Crippen LogP contribution in [0.3, 0.4) is 0 Å². The van der Waals surface area contributed by atoms with Gasteiger partial charge in [-0.25, -0.2) is 0 Å². The lowest BCUT2D eigenvalue weighted by molar-refractivity contribution is 0.193. The molecule has 0 aliphatic heterocycles. The van der Waals surface area contributed by atoms with Crippen LogP contribution >= 0.6 is 0 Å². The highest BCUT2D eigenvalue weighted by molar-refractivity contribution is 5.34. The number of hydrogen-bond acceptors (Lipinski definition) is 2. The molecule has 0 amide bonds. The van der Waals surface area contributed by atoms with Crippen molar-refractivity contribution in [3.05, 3.63) is 65.7 Å². The van der Waals surface area contributed by atoms with Gasteiger partial charge >= 0.3 is 0 Å². The highest BCUT2D eigenvalue weighted by atomic mass is 19.1. The number of nitrogens with one attached hydrogen (secondary N) is 1. The second-order valence-electron chi connectivity index (χ2n) is 5.31. The summed E-state index contributed by atoms with van der Waals surface area (Å²) in [7, 11) is 1.94. The van der Waals surface area contributed by atoms with E-state index in [0.717, 1.165) is 29.8 Å². The van der Waals surface area contributed by atoms with E-state index in [2.05, 4.69) is 17.4 Å². The van der Waals surface area contributed by atoms with E-state index in [9.17, 15) is 4.39 Å². The average Bonchev–Trinajstić information content (AvgIpc) is 2.58.